The standard InChI is InChI=1S/C23H25NO3/c1-26-21-11-7-18(8-12-21)15-24-16-23(25)20-9-13-22(14-10-20)27-17-19-5-3-2-4-6-19/h2-14,23-25H,15-17H2,1H3/t23-/m0/s1. The maximum atomic E-state index is 10.4. The zero-order valence-electron chi connectivity index (χ0n) is 15.5. The first-order valence-electron chi connectivity index (χ1n) is 9.03. The molecule has 0 radical (unpaired) electrons. The molecule has 4 nitrogen and oxygen atoms in total. The van der Waals surface area contributed by atoms with Gasteiger partial charge >= 0.3 is 0 Å². The Hall–Kier alpha value is -2.82. The largest absolute Gasteiger partial charge is 0.497 e. The smallest absolute Gasteiger partial charge is 0.119 e. The van der Waals surface area contributed by atoms with Crippen molar-refractivity contribution >= 4 is 0 Å². The van der Waals surface area contributed by atoms with E-state index in [9.17, 15) is 5.11 Å². The number of benzene rings is 3. The fraction of sp³-hybridized carbons (Fsp3) is 0.217. The van der Waals surface area contributed by atoms with Gasteiger partial charge in [-0.2, -0.15) is 0 Å². The van der Waals surface area contributed by atoms with Gasteiger partial charge in [-0.25, -0.2) is 0 Å². The topological polar surface area (TPSA) is 50.7 Å². The second kappa shape index (κ2) is 9.76. The van der Waals surface area contributed by atoms with Crippen molar-refractivity contribution in [3.8, 4) is 11.5 Å². The molecule has 0 saturated heterocycles. The van der Waals surface area contributed by atoms with E-state index in [1.54, 1.807) is 7.11 Å². The van der Waals surface area contributed by atoms with E-state index in [0.717, 1.165) is 28.2 Å². The van der Waals surface area contributed by atoms with Crippen molar-refractivity contribution in [3.05, 3.63) is 95.6 Å². The molecule has 0 aromatic heterocycles. The van der Waals surface area contributed by atoms with Crippen LogP contribution in [0.1, 0.15) is 22.8 Å². The molecule has 0 aliphatic carbocycles. The van der Waals surface area contributed by atoms with Crippen molar-refractivity contribution in [2.75, 3.05) is 13.7 Å². The Morgan fingerprint density at radius 1 is 0.815 bits per heavy atom. The van der Waals surface area contributed by atoms with Crippen molar-refractivity contribution in [1.82, 2.24) is 5.32 Å². The molecule has 0 spiro atoms. The van der Waals surface area contributed by atoms with E-state index in [4.69, 9.17) is 9.47 Å². The molecule has 0 bridgehead atoms. The quantitative estimate of drug-likeness (QED) is 0.601. The van der Waals surface area contributed by atoms with E-state index in [-0.39, 0.29) is 0 Å². The Morgan fingerprint density at radius 2 is 1.48 bits per heavy atom. The van der Waals surface area contributed by atoms with Crippen LogP contribution in [0.3, 0.4) is 0 Å². The molecule has 0 saturated carbocycles. The highest BCUT2D eigenvalue weighted by Crippen LogP contribution is 2.19. The predicted octanol–water partition coefficient (Wildman–Crippen LogP) is 4.10. The highest BCUT2D eigenvalue weighted by molar-refractivity contribution is 5.29. The molecule has 3 rings (SSSR count). The minimum atomic E-state index is -0.563. The zero-order valence-corrected chi connectivity index (χ0v) is 15.5. The molecule has 0 unspecified atom stereocenters. The Balaban J connectivity index is 1.44. The fourth-order valence-electron chi connectivity index (χ4n) is 2.74. The first-order chi connectivity index (χ1) is 13.2. The van der Waals surface area contributed by atoms with Crippen molar-refractivity contribution in [1.29, 1.82) is 0 Å². The summed E-state index contributed by atoms with van der Waals surface area (Å²) in [7, 11) is 1.65. The molecular weight excluding hydrogens is 338 g/mol. The van der Waals surface area contributed by atoms with E-state index < -0.39 is 6.10 Å². The number of methoxy groups -OCH3 is 1. The van der Waals surface area contributed by atoms with Gasteiger partial charge in [-0.1, -0.05) is 54.6 Å². The van der Waals surface area contributed by atoms with Crippen LogP contribution in [0.25, 0.3) is 0 Å². The van der Waals surface area contributed by atoms with Crippen molar-refractivity contribution in [2.24, 2.45) is 0 Å². The fourth-order valence-corrected chi connectivity index (χ4v) is 2.74. The number of nitrogens with one attached hydrogen (secondary N) is 1. The van der Waals surface area contributed by atoms with Gasteiger partial charge in [0.2, 0.25) is 0 Å². The molecular formula is C23H25NO3. The third-order valence-corrected chi connectivity index (χ3v) is 4.34. The number of ether oxygens (including phenoxy) is 2. The van der Waals surface area contributed by atoms with Gasteiger partial charge in [0, 0.05) is 13.1 Å². The molecule has 0 fully saturated rings. The molecule has 2 N–H and O–H groups in total. The van der Waals surface area contributed by atoms with Crippen LogP contribution >= 0.6 is 0 Å². The maximum Gasteiger partial charge on any atom is 0.119 e. The number of hydrogen-bond donors (Lipinski definition) is 2. The molecule has 0 aliphatic rings. The van der Waals surface area contributed by atoms with Gasteiger partial charge < -0.3 is 19.9 Å². The van der Waals surface area contributed by atoms with Gasteiger partial charge in [0.15, 0.2) is 0 Å². The lowest BCUT2D eigenvalue weighted by Gasteiger charge is -2.13. The first kappa shape index (κ1) is 19.0. The van der Waals surface area contributed by atoms with Crippen LogP contribution in [0.15, 0.2) is 78.9 Å². The summed E-state index contributed by atoms with van der Waals surface area (Å²) >= 11 is 0. The number of hydrogen-bond acceptors (Lipinski definition) is 4. The van der Waals surface area contributed by atoms with Crippen LogP contribution in [0.5, 0.6) is 11.5 Å². The van der Waals surface area contributed by atoms with Gasteiger partial charge in [0.25, 0.3) is 0 Å². The lowest BCUT2D eigenvalue weighted by molar-refractivity contribution is 0.174. The van der Waals surface area contributed by atoms with E-state index in [0.29, 0.717) is 19.7 Å². The Bertz CT molecular complexity index is 801. The van der Waals surface area contributed by atoms with Gasteiger partial charge in [-0.15, -0.1) is 0 Å². The summed E-state index contributed by atoms with van der Waals surface area (Å²) in [5.41, 5.74) is 3.14. The SMILES string of the molecule is COc1ccc(CNC[C@H](O)c2ccc(OCc3ccccc3)cc2)cc1. The minimum Gasteiger partial charge on any atom is -0.497 e. The highest BCUT2D eigenvalue weighted by Gasteiger charge is 2.07. The number of aliphatic hydroxyl groups excluding tert-OH is 1. The van der Waals surface area contributed by atoms with Gasteiger partial charge in [-0.05, 0) is 41.0 Å². The van der Waals surface area contributed by atoms with E-state index in [2.05, 4.69) is 5.32 Å². The molecule has 27 heavy (non-hydrogen) atoms. The average molecular weight is 363 g/mol. The molecule has 4 heteroatoms. The maximum absolute atomic E-state index is 10.4. The first-order valence-corrected chi connectivity index (χ1v) is 9.03. The zero-order chi connectivity index (χ0) is 18.9. The third kappa shape index (κ3) is 5.84. The minimum absolute atomic E-state index is 0.482. The number of rotatable bonds is 9. The average Bonchev–Trinajstić information content (AvgIpc) is 2.74. The predicted molar refractivity (Wildman–Crippen MR) is 107 cm³/mol. The second-order valence-electron chi connectivity index (χ2n) is 6.34. The monoisotopic (exact) mass is 363 g/mol. The molecule has 1 atom stereocenters. The van der Waals surface area contributed by atoms with Crippen molar-refractivity contribution < 1.29 is 14.6 Å². The van der Waals surface area contributed by atoms with Crippen LogP contribution < -0.4 is 14.8 Å². The molecule has 0 heterocycles. The lowest BCUT2D eigenvalue weighted by atomic mass is 10.1. The Morgan fingerprint density at radius 3 is 2.15 bits per heavy atom. The summed E-state index contributed by atoms with van der Waals surface area (Å²) in [4.78, 5) is 0. The Kier molecular flexibility index (Phi) is 6.85. The van der Waals surface area contributed by atoms with Crippen LogP contribution in [-0.2, 0) is 13.2 Å². The van der Waals surface area contributed by atoms with Gasteiger partial charge in [0.05, 0.1) is 13.2 Å². The van der Waals surface area contributed by atoms with E-state index in [1.165, 1.54) is 0 Å². The molecule has 140 valence electrons. The summed E-state index contributed by atoms with van der Waals surface area (Å²) in [6.45, 7) is 1.71. The summed E-state index contributed by atoms with van der Waals surface area (Å²) < 4.78 is 10.9. The van der Waals surface area contributed by atoms with Crippen molar-refractivity contribution in [3.63, 3.8) is 0 Å². The molecule has 0 aliphatic heterocycles. The number of aliphatic hydroxyl groups is 1. The van der Waals surface area contributed by atoms with E-state index >= 15 is 0 Å². The van der Waals surface area contributed by atoms with Crippen molar-refractivity contribution in [2.45, 2.75) is 19.3 Å². The van der Waals surface area contributed by atoms with E-state index in [1.807, 2.05) is 78.9 Å². The summed E-state index contributed by atoms with van der Waals surface area (Å²) in [6.07, 6.45) is -0.563. The summed E-state index contributed by atoms with van der Waals surface area (Å²) in [5.74, 6) is 1.63. The third-order valence-electron chi connectivity index (χ3n) is 4.34. The van der Waals surface area contributed by atoms with Gasteiger partial charge in [-0.3, -0.25) is 0 Å². The summed E-state index contributed by atoms with van der Waals surface area (Å²) in [6, 6.07) is 25.5. The highest BCUT2D eigenvalue weighted by atomic mass is 16.5. The second-order valence-corrected chi connectivity index (χ2v) is 6.34. The Labute approximate surface area is 160 Å². The lowest BCUT2D eigenvalue weighted by Crippen LogP contribution is -2.21. The van der Waals surface area contributed by atoms with Crippen LogP contribution in [0.4, 0.5) is 0 Å². The molecule has 0 amide bonds. The van der Waals surface area contributed by atoms with Crippen LogP contribution in [0, 0.1) is 0 Å². The summed E-state index contributed by atoms with van der Waals surface area (Å²) in [5, 5.41) is 13.6. The van der Waals surface area contributed by atoms with Crippen LogP contribution in [0.2, 0.25) is 0 Å². The van der Waals surface area contributed by atoms with Gasteiger partial charge in [0.1, 0.15) is 18.1 Å². The normalized spacial score (nSPS) is 11.8. The van der Waals surface area contributed by atoms with Crippen LogP contribution in [-0.4, -0.2) is 18.8 Å². The molecule has 3 aromatic carbocycles. The molecule has 3 aromatic rings.